The quantitative estimate of drug-likeness (QED) is 0.777. The second-order valence-electron chi connectivity index (χ2n) is 5.74. The van der Waals surface area contributed by atoms with Gasteiger partial charge in [0.15, 0.2) is 0 Å². The van der Waals surface area contributed by atoms with Gasteiger partial charge < -0.3 is 5.32 Å². The monoisotopic (exact) mass is 338 g/mol. The fraction of sp³-hybridized carbons (Fsp3) is 0.300. The van der Waals surface area contributed by atoms with Gasteiger partial charge in [0.05, 0.1) is 17.4 Å². The molecule has 3 nitrogen and oxygen atoms in total. The molecule has 0 unspecified atom stereocenters. The zero-order valence-electron chi connectivity index (χ0n) is 14.1. The summed E-state index contributed by atoms with van der Waals surface area (Å²) in [7, 11) is 0. The normalized spacial score (nSPS) is 11.5. The first-order chi connectivity index (χ1) is 11.6. The van der Waals surface area contributed by atoms with Crippen LogP contribution >= 0.6 is 11.8 Å². The van der Waals surface area contributed by atoms with E-state index < -0.39 is 0 Å². The lowest BCUT2D eigenvalue weighted by molar-refractivity contribution is -0.113. The summed E-state index contributed by atoms with van der Waals surface area (Å²) >= 11 is 1.51. The molecule has 1 atom stereocenters. The molecule has 0 spiro atoms. The second-order valence-corrected chi connectivity index (χ2v) is 6.73. The van der Waals surface area contributed by atoms with Crippen LogP contribution in [0.1, 0.15) is 42.9 Å². The van der Waals surface area contributed by atoms with E-state index in [1.807, 2.05) is 30.3 Å². The van der Waals surface area contributed by atoms with Gasteiger partial charge in [0.1, 0.15) is 0 Å². The Morgan fingerprint density at radius 3 is 2.58 bits per heavy atom. The van der Waals surface area contributed by atoms with Gasteiger partial charge in [-0.05, 0) is 41.7 Å². The van der Waals surface area contributed by atoms with Crippen molar-refractivity contribution >= 4 is 23.4 Å². The SMILES string of the molecule is CC[C@H](C)c1ccc(NC(=O)CSCc2ccccc2C#N)cc1. The first kappa shape index (κ1) is 18.1. The van der Waals surface area contributed by atoms with Crippen molar-refractivity contribution < 1.29 is 4.79 Å². The Morgan fingerprint density at radius 2 is 1.92 bits per heavy atom. The van der Waals surface area contributed by atoms with Crippen LogP contribution in [0.25, 0.3) is 0 Å². The molecule has 0 fully saturated rings. The molecule has 0 saturated carbocycles. The maximum absolute atomic E-state index is 12.0. The molecule has 0 aliphatic carbocycles. The average molecular weight is 338 g/mol. The number of nitrogens with zero attached hydrogens (tertiary/aromatic N) is 1. The van der Waals surface area contributed by atoms with E-state index in [-0.39, 0.29) is 5.91 Å². The number of benzene rings is 2. The van der Waals surface area contributed by atoms with Crippen molar-refractivity contribution in [2.24, 2.45) is 0 Å². The highest BCUT2D eigenvalue weighted by Crippen LogP contribution is 2.21. The number of anilines is 1. The Balaban J connectivity index is 1.82. The van der Waals surface area contributed by atoms with Crippen molar-refractivity contribution in [3.63, 3.8) is 0 Å². The third kappa shape index (κ3) is 5.14. The number of carbonyl (C=O) groups excluding carboxylic acids is 1. The highest BCUT2D eigenvalue weighted by atomic mass is 32.2. The van der Waals surface area contributed by atoms with Gasteiger partial charge in [0, 0.05) is 11.4 Å². The third-order valence-electron chi connectivity index (χ3n) is 4.00. The maximum atomic E-state index is 12.0. The smallest absolute Gasteiger partial charge is 0.234 e. The van der Waals surface area contributed by atoms with Crippen LogP contribution in [0.5, 0.6) is 0 Å². The molecule has 0 aliphatic heterocycles. The van der Waals surface area contributed by atoms with Crippen molar-refractivity contribution in [2.45, 2.75) is 31.9 Å². The fourth-order valence-corrected chi connectivity index (χ4v) is 3.17. The van der Waals surface area contributed by atoms with E-state index in [0.29, 0.717) is 23.0 Å². The highest BCUT2D eigenvalue weighted by molar-refractivity contribution is 7.99. The van der Waals surface area contributed by atoms with E-state index in [4.69, 9.17) is 5.26 Å². The van der Waals surface area contributed by atoms with Crippen LogP contribution < -0.4 is 5.32 Å². The Bertz CT molecular complexity index is 719. The second kappa shape index (κ2) is 9.14. The first-order valence-electron chi connectivity index (χ1n) is 8.09. The van der Waals surface area contributed by atoms with E-state index in [9.17, 15) is 4.79 Å². The van der Waals surface area contributed by atoms with E-state index >= 15 is 0 Å². The minimum Gasteiger partial charge on any atom is -0.325 e. The van der Waals surface area contributed by atoms with Gasteiger partial charge >= 0.3 is 0 Å². The molecular weight excluding hydrogens is 316 g/mol. The highest BCUT2D eigenvalue weighted by Gasteiger charge is 2.07. The minimum absolute atomic E-state index is 0.0225. The molecule has 0 heterocycles. The summed E-state index contributed by atoms with van der Waals surface area (Å²) in [4.78, 5) is 12.0. The lowest BCUT2D eigenvalue weighted by atomic mass is 9.99. The maximum Gasteiger partial charge on any atom is 0.234 e. The van der Waals surface area contributed by atoms with Gasteiger partial charge in [-0.25, -0.2) is 0 Å². The predicted molar refractivity (Wildman–Crippen MR) is 101 cm³/mol. The first-order valence-corrected chi connectivity index (χ1v) is 9.25. The number of nitriles is 1. The number of hydrogen-bond acceptors (Lipinski definition) is 3. The van der Waals surface area contributed by atoms with Crippen molar-refractivity contribution in [1.82, 2.24) is 0 Å². The topological polar surface area (TPSA) is 52.9 Å². The molecule has 0 bridgehead atoms. The number of rotatable bonds is 7. The zero-order chi connectivity index (χ0) is 17.4. The van der Waals surface area contributed by atoms with Crippen LogP contribution in [-0.4, -0.2) is 11.7 Å². The predicted octanol–water partition coefficient (Wildman–Crippen LogP) is 4.94. The summed E-state index contributed by atoms with van der Waals surface area (Å²) in [6.07, 6.45) is 1.10. The largest absolute Gasteiger partial charge is 0.325 e. The summed E-state index contributed by atoms with van der Waals surface area (Å²) in [5.41, 5.74) is 3.75. The minimum atomic E-state index is -0.0225. The number of amides is 1. The number of carbonyl (C=O) groups is 1. The van der Waals surface area contributed by atoms with Crippen LogP contribution in [0.15, 0.2) is 48.5 Å². The van der Waals surface area contributed by atoms with E-state index in [1.165, 1.54) is 17.3 Å². The van der Waals surface area contributed by atoms with Crippen LogP contribution in [0.4, 0.5) is 5.69 Å². The molecule has 24 heavy (non-hydrogen) atoms. The Labute approximate surface area is 148 Å². The molecule has 0 radical (unpaired) electrons. The molecule has 2 rings (SSSR count). The molecule has 4 heteroatoms. The summed E-state index contributed by atoms with van der Waals surface area (Å²) in [5, 5.41) is 12.0. The van der Waals surface area contributed by atoms with Crippen LogP contribution in [0.3, 0.4) is 0 Å². The van der Waals surface area contributed by atoms with Crippen molar-refractivity contribution in [1.29, 1.82) is 5.26 Å². The van der Waals surface area contributed by atoms with E-state index in [0.717, 1.165) is 17.7 Å². The van der Waals surface area contributed by atoms with Gasteiger partial charge in [-0.3, -0.25) is 4.79 Å². The summed E-state index contributed by atoms with van der Waals surface area (Å²) in [6, 6.07) is 17.7. The van der Waals surface area contributed by atoms with Crippen molar-refractivity contribution in [3.05, 3.63) is 65.2 Å². The number of nitrogens with one attached hydrogen (secondary N) is 1. The summed E-state index contributed by atoms with van der Waals surface area (Å²) in [5.74, 6) is 1.54. The Kier molecular flexibility index (Phi) is 6.89. The average Bonchev–Trinajstić information content (AvgIpc) is 2.62. The van der Waals surface area contributed by atoms with Gasteiger partial charge in [0.25, 0.3) is 0 Å². The number of hydrogen-bond donors (Lipinski definition) is 1. The molecular formula is C20H22N2OS. The van der Waals surface area contributed by atoms with Crippen LogP contribution in [0.2, 0.25) is 0 Å². The van der Waals surface area contributed by atoms with Gasteiger partial charge in [-0.15, -0.1) is 11.8 Å². The standard InChI is InChI=1S/C20H22N2OS/c1-3-15(2)16-8-10-19(11-9-16)22-20(23)14-24-13-18-7-5-4-6-17(18)12-21/h4-11,15H,3,13-14H2,1-2H3,(H,22,23)/t15-/m0/s1. The molecule has 124 valence electrons. The molecule has 0 saturated heterocycles. The molecule has 2 aromatic carbocycles. The van der Waals surface area contributed by atoms with E-state index in [1.54, 1.807) is 6.07 Å². The fourth-order valence-electron chi connectivity index (χ4n) is 2.34. The zero-order valence-corrected chi connectivity index (χ0v) is 14.9. The number of thioether (sulfide) groups is 1. The summed E-state index contributed by atoms with van der Waals surface area (Å²) in [6.45, 7) is 4.37. The Hall–Kier alpha value is -2.25. The van der Waals surface area contributed by atoms with Gasteiger partial charge in [-0.2, -0.15) is 5.26 Å². The van der Waals surface area contributed by atoms with Crippen molar-refractivity contribution in [3.8, 4) is 6.07 Å². The molecule has 1 amide bonds. The lowest BCUT2D eigenvalue weighted by Crippen LogP contribution is -2.14. The Morgan fingerprint density at radius 1 is 1.21 bits per heavy atom. The van der Waals surface area contributed by atoms with E-state index in [2.05, 4.69) is 37.4 Å². The molecule has 0 aromatic heterocycles. The third-order valence-corrected chi connectivity index (χ3v) is 4.99. The molecule has 0 aliphatic rings. The molecule has 2 aromatic rings. The van der Waals surface area contributed by atoms with Gasteiger partial charge in [0.2, 0.25) is 5.91 Å². The van der Waals surface area contributed by atoms with Crippen LogP contribution in [0, 0.1) is 11.3 Å². The van der Waals surface area contributed by atoms with Crippen LogP contribution in [-0.2, 0) is 10.5 Å². The van der Waals surface area contributed by atoms with Crippen molar-refractivity contribution in [2.75, 3.05) is 11.1 Å². The van der Waals surface area contributed by atoms with Gasteiger partial charge in [-0.1, -0.05) is 44.2 Å². The lowest BCUT2D eigenvalue weighted by Gasteiger charge is -2.10. The summed E-state index contributed by atoms with van der Waals surface area (Å²) < 4.78 is 0. The molecule has 1 N–H and O–H groups in total.